The number of fused-ring (bicyclic) bond motifs is 1. The van der Waals surface area contributed by atoms with Crippen LogP contribution in [0.1, 0.15) is 75.7 Å². The Morgan fingerprint density at radius 3 is 1.33 bits per heavy atom. The van der Waals surface area contributed by atoms with Gasteiger partial charge in [0.15, 0.2) is 0 Å². The minimum absolute atomic E-state index is 0.0294. The van der Waals surface area contributed by atoms with Crippen LogP contribution < -0.4 is 18.1 Å². The van der Waals surface area contributed by atoms with Gasteiger partial charge in [0, 0.05) is 0 Å². The number of methoxy groups -OCH3 is 1. The van der Waals surface area contributed by atoms with Gasteiger partial charge in [-0.25, -0.2) is 4.79 Å². The molecule has 0 radical (unpaired) electrons. The number of rotatable bonds is 18. The molecular weight excluding hydrogens is 1390 g/mol. The molecule has 0 amide bonds. The molecule has 0 saturated carbocycles. The number of aromatic carboxylic acids is 4. The molecule has 1 saturated heterocycles. The summed E-state index contributed by atoms with van der Waals surface area (Å²) in [7, 11) is 1.57. The van der Waals surface area contributed by atoms with E-state index in [9.17, 15) is 51.7 Å². The van der Waals surface area contributed by atoms with Crippen molar-refractivity contribution in [3.8, 4) is 5.75 Å². The maximum absolute atomic E-state index is 13.7. The molecule has 2 aliphatic rings. The minimum Gasteiger partial charge on any atom is -0.478 e. The molecule has 0 spiro atoms. The van der Waals surface area contributed by atoms with E-state index in [-0.39, 0.29) is 67.3 Å². The number of carboxylic acid groups (broad SMARTS) is 5. The van der Waals surface area contributed by atoms with E-state index >= 15 is 0 Å². The zero-order valence-electron chi connectivity index (χ0n) is 46.2. The quantitative estimate of drug-likeness (QED) is 0.0400. The zero-order chi connectivity index (χ0) is 62.8. The molecule has 8 aromatic carbocycles. The molecule has 1 aliphatic carbocycles. The summed E-state index contributed by atoms with van der Waals surface area (Å²) in [6.45, 7) is 0.211. The van der Waals surface area contributed by atoms with Crippen molar-refractivity contribution in [2.24, 2.45) is 0 Å². The van der Waals surface area contributed by atoms with Gasteiger partial charge in [0.1, 0.15) is 0 Å². The van der Waals surface area contributed by atoms with Crippen LogP contribution in [0.25, 0.3) is 0 Å². The van der Waals surface area contributed by atoms with Crippen molar-refractivity contribution in [1.29, 1.82) is 0 Å². The van der Waals surface area contributed by atoms with E-state index < -0.39 is 66.9 Å². The van der Waals surface area contributed by atoms with Crippen LogP contribution in [0, 0.1) is 5.82 Å². The van der Waals surface area contributed by atoms with Gasteiger partial charge in [-0.3, -0.25) is 0 Å². The van der Waals surface area contributed by atoms with Crippen LogP contribution >= 0.6 is 0 Å². The Bertz CT molecular complexity index is 3640. The fraction of sp³-hybridized carbons (Fsp3) is 0.136. The molecule has 1 atom stereocenters. The molecule has 13 nitrogen and oxygen atoms in total. The number of halogens is 4. The number of aliphatic carboxylic acids is 1. The standard InChI is InChI=1S/C15H11F3O2Se.C15H14O4Se.C15H14O3Se.C14H11FO2Se.C7H6O2/c16-15(17,18)12-8-4-7-11(14(19)20)13(12)21-9-10-5-2-1-3-6-10;16-14(17)12-6-7-13-15(8-12,19-10-18-13)20-9-11-4-2-1-3-5-11;1-18-13-9-5-8-12(15(16)17)14(13)19-10-11-6-3-2-4-7-11;15-12-8-4-7-11(14(16)17)13(12)18-9-10-5-2-1-3-6-10;8-7(9)6-4-2-1-3-5-6/h1-8H,9H2,(H,19,20);1-7H,8-10H2,(H,16,17);2-9H,10H2,1H3,(H,16,17);1-8H,9H2,(H,16,17);1-5H,(H,8,9). The van der Waals surface area contributed by atoms with Gasteiger partial charge >= 0.3 is 482 Å². The third-order valence-corrected chi connectivity index (χ3v) is 22.7. The summed E-state index contributed by atoms with van der Waals surface area (Å²) >= 11 is -0.727. The Morgan fingerprint density at radius 2 is 0.897 bits per heavy atom. The fourth-order valence-corrected chi connectivity index (χ4v) is 17.4. The van der Waals surface area contributed by atoms with E-state index in [1.54, 1.807) is 73.9 Å². The van der Waals surface area contributed by atoms with E-state index in [1.165, 1.54) is 35.4 Å². The van der Waals surface area contributed by atoms with Gasteiger partial charge in [-0.05, 0) is 12.1 Å². The van der Waals surface area contributed by atoms with Gasteiger partial charge in [0.25, 0.3) is 0 Å². The average molecular weight is 1450 g/mol. The van der Waals surface area contributed by atoms with Crippen LogP contribution in [0.15, 0.2) is 230 Å². The Balaban J connectivity index is 0.000000177. The molecule has 450 valence electrons. The summed E-state index contributed by atoms with van der Waals surface area (Å²) in [6.07, 6.45) is -0.796. The van der Waals surface area contributed by atoms with Crippen LogP contribution in [0.2, 0.25) is 0 Å². The van der Waals surface area contributed by atoms with Gasteiger partial charge in [-0.2, -0.15) is 0 Å². The molecule has 1 unspecified atom stereocenters. The number of ether oxygens (including phenoxy) is 3. The SMILES string of the molecule is COc1cccc(C(=O)O)c1[Se]Cc1ccccc1.O=C(O)C1=CC=C2OCOC2([Se]Cc2ccccc2)C1.O=C(O)c1cccc(C(F)(F)F)c1[Se]Cc1ccccc1.O=C(O)c1cccc(F)c1[Se]Cc1ccccc1.O=C(O)c1ccccc1. The molecule has 21 heteroatoms. The number of carboxylic acids is 5. The van der Waals surface area contributed by atoms with E-state index in [2.05, 4.69) is 24.3 Å². The smallest absolute Gasteiger partial charge is 0.335 e. The molecule has 1 aliphatic heterocycles. The maximum Gasteiger partial charge on any atom is 0.335 e. The Kier molecular flexibility index (Phi) is 26.9. The van der Waals surface area contributed by atoms with Gasteiger partial charge in [-0.15, -0.1) is 0 Å². The topological polar surface area (TPSA) is 214 Å². The molecule has 0 aromatic heterocycles. The van der Waals surface area contributed by atoms with Crippen molar-refractivity contribution in [3.05, 3.63) is 286 Å². The summed E-state index contributed by atoms with van der Waals surface area (Å²) in [5.41, 5.74) is 4.46. The Morgan fingerprint density at radius 1 is 0.483 bits per heavy atom. The first-order valence-electron chi connectivity index (χ1n) is 26.0. The first-order chi connectivity index (χ1) is 41.8. The molecule has 1 fully saturated rings. The van der Waals surface area contributed by atoms with E-state index in [0.717, 1.165) is 44.1 Å². The number of allylic oxidation sites excluding steroid dienone is 2. The monoisotopic (exact) mass is 1450 g/mol. The third kappa shape index (κ3) is 21.1. The molecule has 0 bridgehead atoms. The van der Waals surface area contributed by atoms with Gasteiger partial charge in [0.2, 0.25) is 0 Å². The van der Waals surface area contributed by atoms with Crippen molar-refractivity contribution in [3.63, 3.8) is 0 Å². The molecule has 87 heavy (non-hydrogen) atoms. The van der Waals surface area contributed by atoms with Crippen LogP contribution in [0.4, 0.5) is 17.6 Å². The van der Waals surface area contributed by atoms with E-state index in [1.807, 2.05) is 91.0 Å². The normalized spacial score (nSPS) is 13.6. The summed E-state index contributed by atoms with van der Waals surface area (Å²) in [5, 5.41) is 47.8. The van der Waals surface area contributed by atoms with Gasteiger partial charge in [-0.1, -0.05) is 18.2 Å². The third-order valence-electron chi connectivity index (χ3n) is 12.2. The number of benzene rings is 8. The van der Waals surface area contributed by atoms with Crippen LogP contribution in [0.5, 0.6) is 5.75 Å². The second-order valence-corrected chi connectivity index (χ2v) is 27.0. The van der Waals surface area contributed by atoms with Crippen molar-refractivity contribution in [2.45, 2.75) is 38.4 Å². The summed E-state index contributed by atoms with van der Waals surface area (Å²) in [4.78, 5) is 54.8. The Labute approximate surface area is 524 Å². The van der Waals surface area contributed by atoms with Crippen LogP contribution in [0.3, 0.4) is 0 Å². The number of alkyl halides is 3. The second-order valence-electron chi connectivity index (χ2n) is 18.2. The number of carbonyl (C=O) groups is 5. The van der Waals surface area contributed by atoms with Gasteiger partial charge < -0.3 is 5.11 Å². The van der Waals surface area contributed by atoms with Crippen LogP contribution in [-0.4, -0.2) is 134 Å². The predicted octanol–water partition coefficient (Wildman–Crippen LogP) is 10.2. The minimum atomic E-state index is -4.54. The average Bonchev–Trinajstić information content (AvgIpc) is 2.05. The Hall–Kier alpha value is -8.05. The molecular formula is C66H56F4O13Se4. The van der Waals surface area contributed by atoms with Crippen LogP contribution in [-0.2, 0) is 41.7 Å². The number of hydrogen-bond acceptors (Lipinski definition) is 8. The largest absolute Gasteiger partial charge is 0.478 e. The number of hydrogen-bond donors (Lipinski definition) is 5. The van der Waals surface area contributed by atoms with Gasteiger partial charge in [0.05, 0.1) is 5.56 Å². The summed E-state index contributed by atoms with van der Waals surface area (Å²) in [5.74, 6) is -4.05. The maximum atomic E-state index is 13.7. The van der Waals surface area contributed by atoms with Crippen molar-refractivity contribution in [2.75, 3.05) is 13.9 Å². The van der Waals surface area contributed by atoms with Crippen molar-refractivity contribution in [1.82, 2.24) is 0 Å². The molecule has 1 heterocycles. The predicted molar refractivity (Wildman–Crippen MR) is 326 cm³/mol. The van der Waals surface area contributed by atoms with E-state index in [0.29, 0.717) is 44.0 Å². The fourth-order valence-electron chi connectivity index (χ4n) is 7.93. The van der Waals surface area contributed by atoms with Crippen molar-refractivity contribution < 1.29 is 81.3 Å². The first kappa shape index (κ1) is 68.1. The zero-order valence-corrected chi connectivity index (χ0v) is 53.0. The first-order valence-corrected chi connectivity index (χ1v) is 34.3. The summed E-state index contributed by atoms with van der Waals surface area (Å²) in [6, 6.07) is 59.9. The summed E-state index contributed by atoms with van der Waals surface area (Å²) < 4.78 is 69.8. The molecule has 10 rings (SSSR count). The molecule has 5 N–H and O–H groups in total. The molecule has 8 aromatic rings. The van der Waals surface area contributed by atoms with Crippen molar-refractivity contribution >= 4 is 103 Å². The second kappa shape index (κ2) is 34.3. The van der Waals surface area contributed by atoms with E-state index in [4.69, 9.17) is 29.5 Å².